The molecular formula is C12H8O. The van der Waals surface area contributed by atoms with Crippen molar-refractivity contribution in [1.29, 1.82) is 0 Å². The standard InChI is InChI=1S/C12H8O/c13-8-9-4-5-10-3-1-2-6-12(10)7-11(9)12/h1-8H. The van der Waals surface area contributed by atoms with Gasteiger partial charge in [-0.25, -0.2) is 0 Å². The van der Waals surface area contributed by atoms with E-state index in [4.69, 9.17) is 0 Å². The fourth-order valence-corrected chi connectivity index (χ4v) is 2.06. The highest BCUT2D eigenvalue weighted by molar-refractivity contribution is 5.89. The Balaban J connectivity index is 2.15. The van der Waals surface area contributed by atoms with Gasteiger partial charge in [0.1, 0.15) is 6.29 Å². The molecule has 0 saturated carbocycles. The molecule has 0 bridgehead atoms. The lowest BCUT2D eigenvalue weighted by Gasteiger charge is -2.21. The Morgan fingerprint density at radius 2 is 2.15 bits per heavy atom. The molecule has 0 aromatic heterocycles. The molecule has 0 aromatic carbocycles. The van der Waals surface area contributed by atoms with E-state index in [1.807, 2.05) is 24.3 Å². The summed E-state index contributed by atoms with van der Waals surface area (Å²) < 4.78 is 0. The zero-order valence-electron chi connectivity index (χ0n) is 7.03. The van der Waals surface area contributed by atoms with Crippen LogP contribution in [0, 0.1) is 5.41 Å². The Morgan fingerprint density at radius 3 is 3.00 bits per heavy atom. The first-order valence-electron chi connectivity index (χ1n) is 4.34. The van der Waals surface area contributed by atoms with Crippen molar-refractivity contribution in [2.24, 2.45) is 5.41 Å². The van der Waals surface area contributed by atoms with E-state index < -0.39 is 0 Å². The van der Waals surface area contributed by atoms with Crippen molar-refractivity contribution in [2.75, 3.05) is 0 Å². The lowest BCUT2D eigenvalue weighted by Crippen LogP contribution is -2.10. The molecule has 0 aromatic rings. The van der Waals surface area contributed by atoms with Gasteiger partial charge in [0.05, 0.1) is 5.41 Å². The number of aldehydes is 1. The van der Waals surface area contributed by atoms with E-state index in [1.54, 1.807) is 0 Å². The highest BCUT2D eigenvalue weighted by Gasteiger charge is 2.47. The maximum absolute atomic E-state index is 10.7. The summed E-state index contributed by atoms with van der Waals surface area (Å²) in [5, 5.41) is 0. The average molecular weight is 168 g/mol. The Kier molecular flexibility index (Phi) is 1.05. The molecule has 1 unspecified atom stereocenters. The van der Waals surface area contributed by atoms with Crippen LogP contribution in [-0.4, -0.2) is 6.29 Å². The molecule has 0 fully saturated rings. The highest BCUT2D eigenvalue weighted by Crippen LogP contribution is 2.57. The Hall–Kier alpha value is -1.63. The molecule has 3 aliphatic rings. The van der Waals surface area contributed by atoms with Gasteiger partial charge in [0.25, 0.3) is 0 Å². The van der Waals surface area contributed by atoms with Crippen molar-refractivity contribution < 1.29 is 4.79 Å². The molecule has 1 nitrogen and oxygen atoms in total. The molecule has 0 N–H and O–H groups in total. The quantitative estimate of drug-likeness (QED) is 0.548. The first kappa shape index (κ1) is 6.84. The van der Waals surface area contributed by atoms with Crippen LogP contribution in [-0.2, 0) is 4.79 Å². The molecule has 1 spiro atoms. The van der Waals surface area contributed by atoms with Crippen LogP contribution >= 0.6 is 0 Å². The molecule has 1 atom stereocenters. The van der Waals surface area contributed by atoms with Gasteiger partial charge in [0.2, 0.25) is 0 Å². The third-order valence-corrected chi connectivity index (χ3v) is 2.84. The summed E-state index contributed by atoms with van der Waals surface area (Å²) in [6.45, 7) is 0. The van der Waals surface area contributed by atoms with Gasteiger partial charge >= 0.3 is 0 Å². The second-order valence-electron chi connectivity index (χ2n) is 3.51. The number of hydrogen-bond donors (Lipinski definition) is 0. The van der Waals surface area contributed by atoms with Gasteiger partial charge in [0, 0.05) is 5.57 Å². The van der Waals surface area contributed by atoms with E-state index in [1.165, 1.54) is 11.1 Å². The Labute approximate surface area is 76.4 Å². The molecular weight excluding hydrogens is 160 g/mol. The van der Waals surface area contributed by atoms with Gasteiger partial charge in [-0.3, -0.25) is 4.79 Å². The maximum atomic E-state index is 10.7. The summed E-state index contributed by atoms with van der Waals surface area (Å²) in [4.78, 5) is 10.7. The van der Waals surface area contributed by atoms with Gasteiger partial charge in [-0.2, -0.15) is 0 Å². The normalized spacial score (nSPS) is 32.5. The second kappa shape index (κ2) is 1.99. The maximum Gasteiger partial charge on any atom is 0.150 e. The summed E-state index contributed by atoms with van der Waals surface area (Å²) in [5.74, 6) is 0. The van der Waals surface area contributed by atoms with Crippen molar-refractivity contribution in [3.8, 4) is 0 Å². The van der Waals surface area contributed by atoms with Crippen molar-refractivity contribution in [2.45, 2.75) is 0 Å². The van der Waals surface area contributed by atoms with Crippen LogP contribution in [0.15, 0.2) is 59.3 Å². The monoisotopic (exact) mass is 168 g/mol. The van der Waals surface area contributed by atoms with E-state index in [0.717, 1.165) is 11.9 Å². The molecule has 13 heavy (non-hydrogen) atoms. The number of rotatable bonds is 1. The molecule has 0 heterocycles. The zero-order valence-corrected chi connectivity index (χ0v) is 7.03. The number of hydrogen-bond acceptors (Lipinski definition) is 1. The third-order valence-electron chi connectivity index (χ3n) is 2.84. The summed E-state index contributed by atoms with van der Waals surface area (Å²) in [6, 6.07) is 0. The first-order valence-corrected chi connectivity index (χ1v) is 4.34. The van der Waals surface area contributed by atoms with E-state index in [-0.39, 0.29) is 5.41 Å². The molecule has 62 valence electrons. The predicted octanol–water partition coefficient (Wildman–Crippen LogP) is 2.10. The van der Waals surface area contributed by atoms with E-state index >= 15 is 0 Å². The Morgan fingerprint density at radius 1 is 1.23 bits per heavy atom. The largest absolute Gasteiger partial charge is 0.298 e. The number of carbonyl (C=O) groups excluding carboxylic acids is 1. The summed E-state index contributed by atoms with van der Waals surface area (Å²) >= 11 is 0. The molecule has 0 radical (unpaired) electrons. The minimum absolute atomic E-state index is 0.000255. The topological polar surface area (TPSA) is 17.1 Å². The molecule has 0 aliphatic heterocycles. The molecule has 3 aliphatic carbocycles. The van der Waals surface area contributed by atoms with Crippen molar-refractivity contribution in [3.05, 3.63) is 59.3 Å². The molecule has 0 saturated heterocycles. The summed E-state index contributed by atoms with van der Waals surface area (Å²) in [7, 11) is 0. The van der Waals surface area contributed by atoms with Crippen LogP contribution < -0.4 is 0 Å². The molecule has 0 amide bonds. The van der Waals surface area contributed by atoms with Gasteiger partial charge in [-0.05, 0) is 11.1 Å². The van der Waals surface area contributed by atoms with E-state index in [2.05, 4.69) is 18.2 Å². The smallest absolute Gasteiger partial charge is 0.150 e. The summed E-state index contributed by atoms with van der Waals surface area (Å²) in [6.07, 6.45) is 15.3. The lowest BCUT2D eigenvalue weighted by atomic mass is 9.81. The van der Waals surface area contributed by atoms with Crippen LogP contribution in [0.1, 0.15) is 0 Å². The van der Waals surface area contributed by atoms with Crippen LogP contribution in [0.25, 0.3) is 0 Å². The van der Waals surface area contributed by atoms with Crippen LogP contribution in [0.5, 0.6) is 0 Å². The minimum atomic E-state index is -0.000255. The van der Waals surface area contributed by atoms with E-state index in [9.17, 15) is 4.79 Å². The number of carbonyl (C=O) groups is 1. The van der Waals surface area contributed by atoms with Crippen molar-refractivity contribution >= 4 is 6.29 Å². The molecule has 3 rings (SSSR count). The second-order valence-corrected chi connectivity index (χ2v) is 3.51. The molecule has 1 heteroatoms. The van der Waals surface area contributed by atoms with Gasteiger partial charge in [0.15, 0.2) is 0 Å². The van der Waals surface area contributed by atoms with Gasteiger partial charge < -0.3 is 0 Å². The predicted molar refractivity (Wildman–Crippen MR) is 51.0 cm³/mol. The van der Waals surface area contributed by atoms with Crippen LogP contribution in [0.2, 0.25) is 0 Å². The van der Waals surface area contributed by atoms with Crippen molar-refractivity contribution in [1.82, 2.24) is 0 Å². The number of allylic oxidation sites excluding steroid dienone is 10. The average Bonchev–Trinajstić information content (AvgIpc) is 2.89. The van der Waals surface area contributed by atoms with E-state index in [0.29, 0.717) is 0 Å². The first-order chi connectivity index (χ1) is 6.37. The fourth-order valence-electron chi connectivity index (χ4n) is 2.06. The lowest BCUT2D eigenvalue weighted by molar-refractivity contribution is -0.104. The SMILES string of the molecule is O=CC1=CC=C2C=CC=CC23C=C13. The van der Waals surface area contributed by atoms with Crippen molar-refractivity contribution in [3.63, 3.8) is 0 Å². The van der Waals surface area contributed by atoms with Crippen LogP contribution in [0.4, 0.5) is 0 Å². The zero-order chi connectivity index (χ0) is 8.89. The Bertz CT molecular complexity index is 444. The van der Waals surface area contributed by atoms with Gasteiger partial charge in [-0.1, -0.05) is 42.5 Å². The summed E-state index contributed by atoms with van der Waals surface area (Å²) in [5.41, 5.74) is 3.26. The van der Waals surface area contributed by atoms with Gasteiger partial charge in [-0.15, -0.1) is 0 Å². The third kappa shape index (κ3) is 0.693. The fraction of sp³-hybridized carbons (Fsp3) is 0.0833. The minimum Gasteiger partial charge on any atom is -0.298 e. The highest BCUT2D eigenvalue weighted by atomic mass is 16.1. The van der Waals surface area contributed by atoms with Crippen LogP contribution in [0.3, 0.4) is 0 Å².